The molecular weight excluding hydrogens is 1380 g/mol. The van der Waals surface area contributed by atoms with E-state index in [4.69, 9.17) is 56.8 Å². The molecule has 0 saturated carbocycles. The standard InChI is InChI=1S/C99H78O12/c1-100-55-106-79-37-25-61-43-73(31-19-67(61)49-79)97(74-32-20-68-50-80(107-56-101-2)38-26-62(68)44-74)88-16-10-7-13-85(88)91-94(97)92-86-14-8-11-17-89(86)98(75-33-21-69-51-81(108-57-102-3)39-27-63(69)45-75,76-34-22-70-52-82(109-58-103-4)40-28-64(70)46-76)96(92)93-87-15-9-12-18-90(87)99(95(91)93,77-35-23-71-53-83(110-59-104-5)41-29-65(71)47-77)78-36-24-72-54-84(111-60-105-6)42-30-66(72)48-78/h7-54H,55-60H2,1-6H3. The molecule has 12 heteroatoms. The first-order valence-electron chi connectivity index (χ1n) is 37.2. The number of fused-ring (bicyclic) bond motifs is 18. The number of rotatable bonds is 24. The normalized spacial score (nSPS) is 13.8. The minimum Gasteiger partial charge on any atom is -0.468 e. The van der Waals surface area contributed by atoms with Crippen molar-refractivity contribution in [3.63, 3.8) is 0 Å². The SMILES string of the molecule is COCOc1ccc2cc(C3(c4ccc5cc(OCOC)ccc5c4)c4ccccc4-c4c3c3c(c5c4C(c4ccc6cc(OCOC)ccc6c4)(c4ccc6cc(OCOC)ccc6c4)c4ccccc4-5)C(c4ccc5cc(OCOC)ccc5c4)(c4ccc5cc(OCOC)ccc5c4)c4ccccc4-3)ccc2c1. The Morgan fingerprint density at radius 2 is 0.360 bits per heavy atom. The van der Waals surface area contributed by atoms with Crippen LogP contribution in [0.3, 0.4) is 0 Å². The van der Waals surface area contributed by atoms with E-state index in [9.17, 15) is 0 Å². The van der Waals surface area contributed by atoms with Crippen molar-refractivity contribution in [2.24, 2.45) is 0 Å². The molecule has 0 atom stereocenters. The Balaban J connectivity index is 1.04. The molecule has 0 spiro atoms. The fourth-order valence-corrected chi connectivity index (χ4v) is 18.5. The maximum Gasteiger partial charge on any atom is 0.188 e. The molecule has 16 aromatic rings. The second-order valence-electron chi connectivity index (χ2n) is 28.8. The minimum atomic E-state index is -1.10. The molecule has 0 aliphatic heterocycles. The van der Waals surface area contributed by atoms with E-state index in [-0.39, 0.29) is 40.8 Å². The third-order valence-corrected chi connectivity index (χ3v) is 23.0. The molecule has 16 aromatic carbocycles. The second-order valence-corrected chi connectivity index (χ2v) is 28.8. The van der Waals surface area contributed by atoms with Crippen molar-refractivity contribution in [2.45, 2.75) is 16.2 Å². The van der Waals surface area contributed by atoms with Gasteiger partial charge in [-0.25, -0.2) is 0 Å². The van der Waals surface area contributed by atoms with Gasteiger partial charge in [0.15, 0.2) is 40.8 Å². The van der Waals surface area contributed by atoms with E-state index >= 15 is 0 Å². The van der Waals surface area contributed by atoms with E-state index in [0.717, 1.165) is 148 Å². The molecule has 19 rings (SSSR count). The van der Waals surface area contributed by atoms with Gasteiger partial charge in [0, 0.05) is 42.7 Å². The minimum absolute atomic E-state index is 0.119. The summed E-state index contributed by atoms with van der Waals surface area (Å²) >= 11 is 0. The summed E-state index contributed by atoms with van der Waals surface area (Å²) in [4.78, 5) is 0. The van der Waals surface area contributed by atoms with Gasteiger partial charge in [-0.15, -0.1) is 0 Å². The largest absolute Gasteiger partial charge is 0.468 e. The zero-order chi connectivity index (χ0) is 75.0. The molecule has 0 aromatic heterocycles. The first-order chi connectivity index (χ1) is 54.7. The molecule has 111 heavy (non-hydrogen) atoms. The molecule has 0 saturated heterocycles. The number of benzene rings is 16. The zero-order valence-electron chi connectivity index (χ0n) is 62.4. The van der Waals surface area contributed by atoms with Gasteiger partial charge in [-0.2, -0.15) is 0 Å². The maximum absolute atomic E-state index is 6.18. The van der Waals surface area contributed by atoms with E-state index in [1.54, 1.807) is 42.7 Å². The Morgan fingerprint density at radius 3 is 0.550 bits per heavy atom. The molecule has 12 nitrogen and oxygen atoms in total. The third kappa shape index (κ3) is 11.0. The van der Waals surface area contributed by atoms with Crippen molar-refractivity contribution in [1.29, 1.82) is 0 Å². The lowest BCUT2D eigenvalue weighted by Crippen LogP contribution is -2.33. The summed E-state index contributed by atoms with van der Waals surface area (Å²) in [6, 6.07) is 109. The number of methoxy groups -OCH3 is 6. The number of hydrogen-bond acceptors (Lipinski definition) is 12. The van der Waals surface area contributed by atoms with Crippen LogP contribution in [-0.4, -0.2) is 83.4 Å². The van der Waals surface area contributed by atoms with Crippen LogP contribution in [0.5, 0.6) is 34.5 Å². The van der Waals surface area contributed by atoms with Crippen LogP contribution in [0.15, 0.2) is 291 Å². The van der Waals surface area contributed by atoms with Gasteiger partial charge in [-0.3, -0.25) is 0 Å². The highest BCUT2D eigenvalue weighted by Crippen LogP contribution is 2.73. The predicted molar refractivity (Wildman–Crippen MR) is 438 cm³/mol. The Bertz CT molecular complexity index is 5470. The zero-order valence-corrected chi connectivity index (χ0v) is 62.4. The van der Waals surface area contributed by atoms with Crippen molar-refractivity contribution >= 4 is 64.6 Å². The first kappa shape index (κ1) is 69.1. The van der Waals surface area contributed by atoms with Gasteiger partial charge in [0.25, 0.3) is 0 Å². The van der Waals surface area contributed by atoms with E-state index in [0.29, 0.717) is 34.5 Å². The maximum atomic E-state index is 6.18. The summed E-state index contributed by atoms with van der Waals surface area (Å²) in [5.41, 5.74) is 17.1. The van der Waals surface area contributed by atoms with Crippen molar-refractivity contribution in [2.75, 3.05) is 83.4 Å². The number of ether oxygens (including phenoxy) is 12. The third-order valence-electron chi connectivity index (χ3n) is 23.0. The van der Waals surface area contributed by atoms with Crippen LogP contribution in [0.4, 0.5) is 0 Å². The Kier molecular flexibility index (Phi) is 17.6. The van der Waals surface area contributed by atoms with Crippen molar-refractivity contribution in [3.05, 3.63) is 358 Å². The van der Waals surface area contributed by atoms with Gasteiger partial charge < -0.3 is 56.8 Å². The highest BCUT2D eigenvalue weighted by Gasteiger charge is 2.61. The number of hydrogen-bond donors (Lipinski definition) is 0. The topological polar surface area (TPSA) is 111 Å². The first-order valence-corrected chi connectivity index (χ1v) is 37.2. The van der Waals surface area contributed by atoms with Crippen LogP contribution in [-0.2, 0) is 44.7 Å². The Labute approximate surface area is 643 Å². The van der Waals surface area contributed by atoms with E-state index in [1.807, 2.05) is 0 Å². The fraction of sp³-hybridized carbons (Fsp3) is 0.152. The summed E-state index contributed by atoms with van der Waals surface area (Å²) in [5, 5.41) is 12.5. The molecule has 0 bridgehead atoms. The Morgan fingerprint density at radius 1 is 0.189 bits per heavy atom. The molecule has 546 valence electrons. The molecule has 3 aliphatic rings. The van der Waals surface area contributed by atoms with Gasteiger partial charge in [0.1, 0.15) is 34.5 Å². The van der Waals surface area contributed by atoms with Gasteiger partial charge in [0.2, 0.25) is 0 Å². The molecule has 0 radical (unpaired) electrons. The fourth-order valence-electron chi connectivity index (χ4n) is 18.5. The van der Waals surface area contributed by atoms with Crippen molar-refractivity contribution in [1.82, 2.24) is 0 Å². The van der Waals surface area contributed by atoms with Gasteiger partial charge in [-0.1, -0.05) is 182 Å². The lowest BCUT2D eigenvalue weighted by Gasteiger charge is -2.40. The summed E-state index contributed by atoms with van der Waals surface area (Å²) in [7, 11) is 9.88. The molecule has 0 unspecified atom stereocenters. The molecule has 3 aliphatic carbocycles. The molecular formula is C99H78O12. The molecule has 0 heterocycles. The van der Waals surface area contributed by atoms with Gasteiger partial charge in [0.05, 0.1) is 16.2 Å². The average molecular weight is 1460 g/mol. The monoisotopic (exact) mass is 1460 g/mol. The predicted octanol–water partition coefficient (Wildman–Crippen LogP) is 21.6. The van der Waals surface area contributed by atoms with Crippen molar-refractivity contribution < 1.29 is 56.8 Å². The smallest absolute Gasteiger partial charge is 0.188 e. The van der Waals surface area contributed by atoms with Crippen LogP contribution >= 0.6 is 0 Å². The lowest BCUT2D eigenvalue weighted by molar-refractivity contribution is 0.0510. The molecule has 0 N–H and O–H groups in total. The van der Waals surface area contributed by atoms with E-state index in [2.05, 4.69) is 291 Å². The highest BCUT2D eigenvalue weighted by atomic mass is 16.7. The van der Waals surface area contributed by atoms with E-state index in [1.165, 1.54) is 16.7 Å². The lowest BCUT2D eigenvalue weighted by atomic mass is 9.60. The van der Waals surface area contributed by atoms with Crippen LogP contribution in [0.1, 0.15) is 66.8 Å². The summed E-state index contributed by atoms with van der Waals surface area (Å²) in [5.74, 6) is 4.30. The van der Waals surface area contributed by atoms with Gasteiger partial charge >= 0.3 is 0 Å². The summed E-state index contributed by atoms with van der Waals surface area (Å²) in [6.45, 7) is 0.714. The molecule has 0 fully saturated rings. The van der Waals surface area contributed by atoms with Gasteiger partial charge in [-0.05, 0) is 274 Å². The van der Waals surface area contributed by atoms with Crippen molar-refractivity contribution in [3.8, 4) is 67.9 Å². The Hall–Kier alpha value is -12.4. The summed E-state index contributed by atoms with van der Waals surface area (Å²) in [6.07, 6.45) is 0. The van der Waals surface area contributed by atoms with Crippen LogP contribution < -0.4 is 28.4 Å². The van der Waals surface area contributed by atoms with Crippen LogP contribution in [0, 0.1) is 0 Å². The van der Waals surface area contributed by atoms with Crippen LogP contribution in [0.25, 0.3) is 98.0 Å². The molecule has 0 amide bonds. The van der Waals surface area contributed by atoms with E-state index < -0.39 is 16.2 Å². The second kappa shape index (κ2) is 28.3. The van der Waals surface area contributed by atoms with Crippen LogP contribution in [0.2, 0.25) is 0 Å². The average Bonchev–Trinajstić information content (AvgIpc) is 1.46. The summed E-state index contributed by atoms with van der Waals surface area (Å²) < 4.78 is 69.8. The highest BCUT2D eigenvalue weighted by molar-refractivity contribution is 6.11. The quantitative estimate of drug-likeness (QED) is 0.0537.